The van der Waals surface area contributed by atoms with Crippen molar-refractivity contribution in [1.82, 2.24) is 15.6 Å². The maximum atomic E-state index is 12.1. The third-order valence-corrected chi connectivity index (χ3v) is 4.58. The number of hydrogen-bond donors (Lipinski definition) is 2. The highest BCUT2D eigenvalue weighted by molar-refractivity contribution is 7.13. The third kappa shape index (κ3) is 3.68. The molecule has 110 valence electrons. The van der Waals surface area contributed by atoms with Crippen molar-refractivity contribution >= 4 is 17.2 Å². The van der Waals surface area contributed by atoms with Crippen LogP contribution in [-0.4, -0.2) is 23.5 Å². The van der Waals surface area contributed by atoms with Gasteiger partial charge in [0.1, 0.15) is 5.01 Å². The number of rotatable bonds is 4. The molecule has 0 radical (unpaired) electrons. The van der Waals surface area contributed by atoms with Crippen molar-refractivity contribution < 1.29 is 4.79 Å². The van der Waals surface area contributed by atoms with E-state index in [2.05, 4.69) is 15.6 Å². The number of amides is 1. The summed E-state index contributed by atoms with van der Waals surface area (Å²) in [6.07, 6.45) is 3.22. The molecule has 2 N–H and O–H groups in total. The molecule has 1 fully saturated rings. The molecule has 21 heavy (non-hydrogen) atoms. The lowest BCUT2D eigenvalue weighted by atomic mass is 10.0. The fourth-order valence-corrected chi connectivity index (χ4v) is 3.30. The standard InChI is InChI=1S/C16H19N3OS/c20-15(14-8-4-5-9-17-14)18-10-13-11-21-16(19-13)12-6-2-1-3-7-12/h1-3,6-7,11,14,17H,4-5,8-10H2,(H,18,20). The van der Waals surface area contributed by atoms with E-state index in [4.69, 9.17) is 0 Å². The summed E-state index contributed by atoms with van der Waals surface area (Å²) < 4.78 is 0. The van der Waals surface area contributed by atoms with Crippen molar-refractivity contribution in [3.63, 3.8) is 0 Å². The van der Waals surface area contributed by atoms with Crippen molar-refractivity contribution in [2.45, 2.75) is 31.8 Å². The van der Waals surface area contributed by atoms with Crippen molar-refractivity contribution in [2.24, 2.45) is 0 Å². The van der Waals surface area contributed by atoms with Gasteiger partial charge in [-0.2, -0.15) is 0 Å². The van der Waals surface area contributed by atoms with Crippen LogP contribution in [0, 0.1) is 0 Å². The average Bonchev–Trinajstić information content (AvgIpc) is 3.03. The number of nitrogens with one attached hydrogen (secondary N) is 2. The predicted molar refractivity (Wildman–Crippen MR) is 85.0 cm³/mol. The summed E-state index contributed by atoms with van der Waals surface area (Å²) in [5.41, 5.74) is 2.04. The molecule has 1 aliphatic heterocycles. The Kier molecular flexibility index (Phi) is 4.62. The average molecular weight is 301 g/mol. The maximum Gasteiger partial charge on any atom is 0.237 e. The molecule has 0 aliphatic carbocycles. The topological polar surface area (TPSA) is 54.0 Å². The molecule has 0 saturated carbocycles. The van der Waals surface area contributed by atoms with Gasteiger partial charge in [-0.15, -0.1) is 11.3 Å². The first-order chi connectivity index (χ1) is 10.3. The Labute approximate surface area is 128 Å². The van der Waals surface area contributed by atoms with Crippen LogP contribution in [-0.2, 0) is 11.3 Å². The summed E-state index contributed by atoms with van der Waals surface area (Å²) in [4.78, 5) is 16.6. The molecular formula is C16H19N3OS. The molecule has 2 aromatic rings. The van der Waals surface area contributed by atoms with E-state index < -0.39 is 0 Å². The lowest BCUT2D eigenvalue weighted by molar-refractivity contribution is -0.123. The number of carbonyl (C=O) groups excluding carboxylic acids is 1. The summed E-state index contributed by atoms with van der Waals surface area (Å²) in [6.45, 7) is 1.44. The molecule has 0 spiro atoms. The highest BCUT2D eigenvalue weighted by Crippen LogP contribution is 2.23. The third-order valence-electron chi connectivity index (χ3n) is 3.64. The van der Waals surface area contributed by atoms with E-state index >= 15 is 0 Å². The molecule has 1 unspecified atom stereocenters. The smallest absolute Gasteiger partial charge is 0.237 e. The van der Waals surface area contributed by atoms with Crippen LogP contribution in [0.15, 0.2) is 35.7 Å². The Bertz CT molecular complexity index is 591. The molecular weight excluding hydrogens is 282 g/mol. The van der Waals surface area contributed by atoms with Gasteiger partial charge in [0.05, 0.1) is 18.3 Å². The summed E-state index contributed by atoms with van der Waals surface area (Å²) in [7, 11) is 0. The van der Waals surface area contributed by atoms with Crippen LogP contribution in [0.2, 0.25) is 0 Å². The normalized spacial score (nSPS) is 18.4. The molecule has 5 heteroatoms. The van der Waals surface area contributed by atoms with Crippen LogP contribution < -0.4 is 10.6 Å². The number of nitrogens with zero attached hydrogens (tertiary/aromatic N) is 1. The summed E-state index contributed by atoms with van der Waals surface area (Å²) >= 11 is 1.61. The number of aromatic nitrogens is 1. The fraction of sp³-hybridized carbons (Fsp3) is 0.375. The summed E-state index contributed by atoms with van der Waals surface area (Å²) in [5, 5.41) is 9.24. The van der Waals surface area contributed by atoms with E-state index in [1.165, 1.54) is 0 Å². The first-order valence-corrected chi connectivity index (χ1v) is 8.22. The van der Waals surface area contributed by atoms with E-state index in [0.717, 1.165) is 42.1 Å². The molecule has 1 aliphatic rings. The quantitative estimate of drug-likeness (QED) is 0.912. The Hall–Kier alpha value is -1.72. The number of thiazole rings is 1. The number of benzene rings is 1. The zero-order chi connectivity index (χ0) is 14.5. The molecule has 2 heterocycles. The molecule has 1 aromatic heterocycles. The van der Waals surface area contributed by atoms with E-state index in [1.807, 2.05) is 35.7 Å². The lowest BCUT2D eigenvalue weighted by Gasteiger charge is -2.22. The predicted octanol–water partition coefficient (Wildman–Crippen LogP) is 2.57. The van der Waals surface area contributed by atoms with Gasteiger partial charge in [0.25, 0.3) is 0 Å². The first kappa shape index (κ1) is 14.2. The van der Waals surface area contributed by atoms with Crippen molar-refractivity contribution in [2.75, 3.05) is 6.54 Å². The van der Waals surface area contributed by atoms with Gasteiger partial charge in [-0.05, 0) is 19.4 Å². The van der Waals surface area contributed by atoms with E-state index in [0.29, 0.717) is 6.54 Å². The minimum absolute atomic E-state index is 0.0361. The minimum Gasteiger partial charge on any atom is -0.349 e. The number of piperidine rings is 1. The van der Waals surface area contributed by atoms with Gasteiger partial charge in [-0.1, -0.05) is 36.8 Å². The number of hydrogen-bond acceptors (Lipinski definition) is 4. The van der Waals surface area contributed by atoms with Gasteiger partial charge in [0.15, 0.2) is 0 Å². The summed E-state index contributed by atoms with van der Waals surface area (Å²) in [5.74, 6) is 0.0870. The van der Waals surface area contributed by atoms with Crippen molar-refractivity contribution in [3.05, 3.63) is 41.4 Å². The molecule has 3 rings (SSSR count). The minimum atomic E-state index is -0.0361. The van der Waals surface area contributed by atoms with Crippen LogP contribution in [0.3, 0.4) is 0 Å². The van der Waals surface area contributed by atoms with Gasteiger partial charge in [0, 0.05) is 10.9 Å². The molecule has 1 saturated heterocycles. The van der Waals surface area contributed by atoms with E-state index in [1.54, 1.807) is 11.3 Å². The Morgan fingerprint density at radius 2 is 2.19 bits per heavy atom. The first-order valence-electron chi connectivity index (χ1n) is 7.34. The molecule has 0 bridgehead atoms. The Morgan fingerprint density at radius 3 is 2.95 bits per heavy atom. The zero-order valence-corrected chi connectivity index (χ0v) is 12.7. The van der Waals surface area contributed by atoms with Crippen molar-refractivity contribution in [1.29, 1.82) is 0 Å². The SMILES string of the molecule is O=C(NCc1csc(-c2ccccc2)n1)C1CCCCN1. The highest BCUT2D eigenvalue weighted by Gasteiger charge is 2.20. The molecule has 1 amide bonds. The molecule has 1 aromatic carbocycles. The van der Waals surface area contributed by atoms with E-state index in [9.17, 15) is 4.79 Å². The van der Waals surface area contributed by atoms with Crippen LogP contribution in [0.1, 0.15) is 25.0 Å². The fourth-order valence-electron chi connectivity index (χ4n) is 2.48. The van der Waals surface area contributed by atoms with Gasteiger partial charge >= 0.3 is 0 Å². The van der Waals surface area contributed by atoms with E-state index in [-0.39, 0.29) is 11.9 Å². The van der Waals surface area contributed by atoms with Crippen LogP contribution in [0.5, 0.6) is 0 Å². The van der Waals surface area contributed by atoms with Crippen LogP contribution in [0.25, 0.3) is 10.6 Å². The van der Waals surface area contributed by atoms with Crippen molar-refractivity contribution in [3.8, 4) is 10.6 Å². The van der Waals surface area contributed by atoms with Gasteiger partial charge in [0.2, 0.25) is 5.91 Å². The molecule has 4 nitrogen and oxygen atoms in total. The van der Waals surface area contributed by atoms with Crippen LogP contribution >= 0.6 is 11.3 Å². The monoisotopic (exact) mass is 301 g/mol. The van der Waals surface area contributed by atoms with Gasteiger partial charge in [-0.3, -0.25) is 4.79 Å². The Balaban J connectivity index is 1.56. The largest absolute Gasteiger partial charge is 0.349 e. The second-order valence-corrected chi connectivity index (χ2v) is 6.09. The Morgan fingerprint density at radius 1 is 1.33 bits per heavy atom. The second-order valence-electron chi connectivity index (χ2n) is 5.23. The number of carbonyl (C=O) groups is 1. The maximum absolute atomic E-state index is 12.1. The summed E-state index contributed by atoms with van der Waals surface area (Å²) in [6, 6.07) is 10.1. The zero-order valence-electron chi connectivity index (χ0n) is 11.8. The lowest BCUT2D eigenvalue weighted by Crippen LogP contribution is -2.46. The van der Waals surface area contributed by atoms with Crippen LogP contribution in [0.4, 0.5) is 0 Å². The van der Waals surface area contributed by atoms with Gasteiger partial charge < -0.3 is 10.6 Å². The molecule has 1 atom stereocenters. The van der Waals surface area contributed by atoms with Gasteiger partial charge in [-0.25, -0.2) is 4.98 Å². The highest BCUT2D eigenvalue weighted by atomic mass is 32.1. The second kappa shape index (κ2) is 6.83.